The number of hydrogen-bond donors (Lipinski definition) is 0. The van der Waals surface area contributed by atoms with Crippen molar-refractivity contribution in [1.82, 2.24) is 39.7 Å². The average molecular weight is 360 g/mol. The molecule has 0 saturated heterocycles. The molecule has 1 atom stereocenters. The van der Waals surface area contributed by atoms with Crippen molar-refractivity contribution in [2.45, 2.75) is 19.5 Å². The maximum atomic E-state index is 13.0. The van der Waals surface area contributed by atoms with Crippen molar-refractivity contribution in [3.63, 3.8) is 0 Å². The SMILES string of the molecule is C[C@H]1CN(C(=O)c2ccc3nnnn3c2)Cc2nnc(-c3ccccc3)n21. The Labute approximate surface area is 154 Å². The van der Waals surface area contributed by atoms with Gasteiger partial charge in [-0.1, -0.05) is 30.3 Å². The fourth-order valence-corrected chi connectivity index (χ4v) is 3.52. The van der Waals surface area contributed by atoms with Crippen LogP contribution >= 0.6 is 0 Å². The molecule has 0 N–H and O–H groups in total. The maximum Gasteiger partial charge on any atom is 0.255 e. The summed E-state index contributed by atoms with van der Waals surface area (Å²) in [4.78, 5) is 14.8. The van der Waals surface area contributed by atoms with Crippen LogP contribution in [0.1, 0.15) is 29.1 Å². The zero-order chi connectivity index (χ0) is 18.4. The Morgan fingerprint density at radius 1 is 1.07 bits per heavy atom. The zero-order valence-corrected chi connectivity index (χ0v) is 14.6. The van der Waals surface area contributed by atoms with Gasteiger partial charge in [-0.25, -0.2) is 0 Å². The molecule has 0 bridgehead atoms. The topological polar surface area (TPSA) is 94.1 Å². The van der Waals surface area contributed by atoms with E-state index in [2.05, 4.69) is 37.2 Å². The smallest absolute Gasteiger partial charge is 0.255 e. The molecule has 0 spiro atoms. The van der Waals surface area contributed by atoms with Crippen LogP contribution < -0.4 is 0 Å². The van der Waals surface area contributed by atoms with Crippen LogP contribution in [0, 0.1) is 0 Å². The largest absolute Gasteiger partial charge is 0.329 e. The van der Waals surface area contributed by atoms with E-state index in [9.17, 15) is 4.79 Å². The second-order valence-corrected chi connectivity index (χ2v) is 6.61. The minimum absolute atomic E-state index is 0.0691. The molecule has 0 radical (unpaired) electrons. The fraction of sp³-hybridized carbons (Fsp3) is 0.222. The lowest BCUT2D eigenvalue weighted by Gasteiger charge is -2.32. The normalized spacial score (nSPS) is 16.5. The molecule has 0 unspecified atom stereocenters. The number of carbonyl (C=O) groups excluding carboxylic acids is 1. The molecular formula is C18H16N8O. The number of benzene rings is 1. The lowest BCUT2D eigenvalue weighted by molar-refractivity contribution is 0.0681. The predicted molar refractivity (Wildman–Crippen MR) is 95.7 cm³/mol. The zero-order valence-electron chi connectivity index (χ0n) is 14.6. The summed E-state index contributed by atoms with van der Waals surface area (Å²) in [6, 6.07) is 13.5. The Morgan fingerprint density at radius 2 is 1.93 bits per heavy atom. The van der Waals surface area contributed by atoms with E-state index in [4.69, 9.17) is 0 Å². The lowest BCUT2D eigenvalue weighted by atomic mass is 10.1. The van der Waals surface area contributed by atoms with E-state index in [0.29, 0.717) is 24.3 Å². The molecule has 1 aliphatic heterocycles. The van der Waals surface area contributed by atoms with Gasteiger partial charge in [-0.05, 0) is 29.5 Å². The van der Waals surface area contributed by atoms with Gasteiger partial charge < -0.3 is 9.47 Å². The molecule has 1 aromatic carbocycles. The van der Waals surface area contributed by atoms with Crippen LogP contribution in [0.15, 0.2) is 48.7 Å². The first-order chi connectivity index (χ1) is 13.2. The quantitative estimate of drug-likeness (QED) is 0.539. The molecule has 0 saturated carbocycles. The Kier molecular flexibility index (Phi) is 3.46. The van der Waals surface area contributed by atoms with Crippen LogP contribution in [0.2, 0.25) is 0 Å². The number of aromatic nitrogens is 7. The van der Waals surface area contributed by atoms with E-state index in [1.54, 1.807) is 23.2 Å². The van der Waals surface area contributed by atoms with Gasteiger partial charge in [0, 0.05) is 18.3 Å². The van der Waals surface area contributed by atoms with E-state index < -0.39 is 0 Å². The van der Waals surface area contributed by atoms with E-state index in [1.807, 2.05) is 30.3 Å². The number of nitrogens with zero attached hydrogens (tertiary/aromatic N) is 8. The molecule has 9 nitrogen and oxygen atoms in total. The van der Waals surface area contributed by atoms with Crippen molar-refractivity contribution in [1.29, 1.82) is 0 Å². The highest BCUT2D eigenvalue weighted by molar-refractivity contribution is 5.94. The van der Waals surface area contributed by atoms with Gasteiger partial charge in [-0.2, -0.15) is 4.52 Å². The Hall–Kier alpha value is -3.62. The number of fused-ring (bicyclic) bond motifs is 2. The van der Waals surface area contributed by atoms with Gasteiger partial charge in [0.15, 0.2) is 17.3 Å². The first-order valence-electron chi connectivity index (χ1n) is 8.67. The average Bonchev–Trinajstić information content (AvgIpc) is 3.34. The Bertz CT molecular complexity index is 1130. The van der Waals surface area contributed by atoms with Gasteiger partial charge in [-0.3, -0.25) is 4.79 Å². The first kappa shape index (κ1) is 15.6. The third-order valence-corrected chi connectivity index (χ3v) is 4.78. The van der Waals surface area contributed by atoms with Gasteiger partial charge in [0.05, 0.1) is 18.2 Å². The predicted octanol–water partition coefficient (Wildman–Crippen LogP) is 1.60. The molecule has 0 aliphatic carbocycles. The minimum Gasteiger partial charge on any atom is -0.329 e. The number of rotatable bonds is 2. The van der Waals surface area contributed by atoms with Gasteiger partial charge >= 0.3 is 0 Å². The van der Waals surface area contributed by atoms with E-state index >= 15 is 0 Å². The Balaban J connectivity index is 1.46. The molecule has 134 valence electrons. The van der Waals surface area contributed by atoms with E-state index in [1.165, 1.54) is 4.52 Å². The second-order valence-electron chi connectivity index (χ2n) is 6.61. The van der Waals surface area contributed by atoms with Crippen LogP contribution in [0.4, 0.5) is 0 Å². The fourth-order valence-electron chi connectivity index (χ4n) is 3.52. The number of amides is 1. The lowest BCUT2D eigenvalue weighted by Crippen LogP contribution is -2.40. The van der Waals surface area contributed by atoms with Crippen LogP contribution in [0.3, 0.4) is 0 Å². The van der Waals surface area contributed by atoms with Crippen LogP contribution in [-0.4, -0.2) is 52.2 Å². The van der Waals surface area contributed by atoms with E-state index in [-0.39, 0.29) is 11.9 Å². The van der Waals surface area contributed by atoms with Crippen molar-refractivity contribution in [2.24, 2.45) is 0 Å². The monoisotopic (exact) mass is 360 g/mol. The van der Waals surface area contributed by atoms with Gasteiger partial charge in [0.1, 0.15) is 0 Å². The number of pyridine rings is 1. The third kappa shape index (κ3) is 2.55. The van der Waals surface area contributed by atoms with Crippen LogP contribution in [-0.2, 0) is 6.54 Å². The molecule has 9 heteroatoms. The van der Waals surface area contributed by atoms with Crippen molar-refractivity contribution in [3.8, 4) is 11.4 Å². The van der Waals surface area contributed by atoms with Gasteiger partial charge in [0.2, 0.25) is 0 Å². The number of hydrogen-bond acceptors (Lipinski definition) is 6. The Morgan fingerprint density at radius 3 is 2.78 bits per heavy atom. The highest BCUT2D eigenvalue weighted by Gasteiger charge is 2.30. The van der Waals surface area contributed by atoms with Crippen molar-refractivity contribution in [2.75, 3.05) is 6.54 Å². The first-order valence-corrected chi connectivity index (χ1v) is 8.67. The van der Waals surface area contributed by atoms with Crippen molar-refractivity contribution >= 4 is 11.6 Å². The molecule has 27 heavy (non-hydrogen) atoms. The highest BCUT2D eigenvalue weighted by atomic mass is 16.2. The highest BCUT2D eigenvalue weighted by Crippen LogP contribution is 2.28. The summed E-state index contributed by atoms with van der Waals surface area (Å²) in [5.74, 6) is 1.54. The molecule has 1 aliphatic rings. The molecule has 4 heterocycles. The summed E-state index contributed by atoms with van der Waals surface area (Å²) in [5, 5.41) is 20.0. The van der Waals surface area contributed by atoms with Crippen molar-refractivity contribution < 1.29 is 4.79 Å². The van der Waals surface area contributed by atoms with Crippen LogP contribution in [0.25, 0.3) is 17.0 Å². The summed E-state index contributed by atoms with van der Waals surface area (Å²) < 4.78 is 3.61. The molecule has 5 rings (SSSR count). The summed E-state index contributed by atoms with van der Waals surface area (Å²) in [7, 11) is 0. The van der Waals surface area contributed by atoms with Gasteiger partial charge in [-0.15, -0.1) is 15.3 Å². The molecule has 3 aromatic heterocycles. The summed E-state index contributed by atoms with van der Waals surface area (Å²) >= 11 is 0. The molecule has 0 fully saturated rings. The number of carbonyl (C=O) groups is 1. The van der Waals surface area contributed by atoms with E-state index in [0.717, 1.165) is 17.2 Å². The standard InChI is InChI=1S/C18H16N8O/c1-12-9-24(18(27)14-7-8-15-20-22-23-25(15)10-14)11-16-19-21-17(26(12)16)13-5-3-2-4-6-13/h2-8,10,12H,9,11H2,1H3/t12-/m0/s1. The second kappa shape index (κ2) is 5.97. The number of tetrazole rings is 1. The van der Waals surface area contributed by atoms with Crippen LogP contribution in [0.5, 0.6) is 0 Å². The van der Waals surface area contributed by atoms with Gasteiger partial charge in [0.25, 0.3) is 5.91 Å². The molecule has 4 aromatic rings. The maximum absolute atomic E-state index is 13.0. The minimum atomic E-state index is -0.0743. The molecular weight excluding hydrogens is 344 g/mol. The molecule has 1 amide bonds. The summed E-state index contributed by atoms with van der Waals surface area (Å²) in [6.45, 7) is 3.07. The summed E-state index contributed by atoms with van der Waals surface area (Å²) in [5.41, 5.74) is 2.16. The van der Waals surface area contributed by atoms with Crippen molar-refractivity contribution in [3.05, 3.63) is 60.0 Å². The third-order valence-electron chi connectivity index (χ3n) is 4.78. The summed E-state index contributed by atoms with van der Waals surface area (Å²) in [6.07, 6.45) is 1.65.